The summed E-state index contributed by atoms with van der Waals surface area (Å²) in [6.07, 6.45) is -0.180. The summed E-state index contributed by atoms with van der Waals surface area (Å²) in [6, 6.07) is 0. The minimum Gasteiger partial charge on any atom is -0.373 e. The van der Waals surface area contributed by atoms with Crippen LogP contribution in [0.3, 0.4) is 0 Å². The van der Waals surface area contributed by atoms with Gasteiger partial charge in [-0.15, -0.1) is 0 Å². The number of hydrogen-bond acceptors (Lipinski definition) is 5. The lowest BCUT2D eigenvalue weighted by Gasteiger charge is -2.40. The predicted octanol–water partition coefficient (Wildman–Crippen LogP) is -0.906. The maximum absolute atomic E-state index is 12.8. The van der Waals surface area contributed by atoms with Crippen LogP contribution in [0.25, 0.3) is 0 Å². The van der Waals surface area contributed by atoms with Gasteiger partial charge in [0.15, 0.2) is 0 Å². The van der Waals surface area contributed by atoms with Gasteiger partial charge in [0.1, 0.15) is 0 Å². The van der Waals surface area contributed by atoms with Crippen LogP contribution in [0.1, 0.15) is 20.8 Å². The molecule has 0 aliphatic carbocycles. The zero-order valence-electron chi connectivity index (χ0n) is 14.2. The average molecular weight is 348 g/mol. The summed E-state index contributed by atoms with van der Waals surface area (Å²) in [7, 11) is -3.45. The summed E-state index contributed by atoms with van der Waals surface area (Å²) in [6.45, 7) is 9.38. The van der Waals surface area contributed by atoms with E-state index in [2.05, 4.69) is 5.32 Å². The molecular formula is C14H28N4O4S. The van der Waals surface area contributed by atoms with Crippen LogP contribution < -0.4 is 5.32 Å². The number of nitrogens with one attached hydrogen (secondary N) is 1. The van der Waals surface area contributed by atoms with Crippen LogP contribution in [0, 0.1) is 0 Å². The van der Waals surface area contributed by atoms with E-state index in [9.17, 15) is 13.2 Å². The Morgan fingerprint density at radius 2 is 1.65 bits per heavy atom. The Morgan fingerprint density at radius 1 is 1.09 bits per heavy atom. The van der Waals surface area contributed by atoms with Crippen LogP contribution in [0.4, 0.5) is 0 Å². The number of hydrogen-bond donors (Lipinski definition) is 1. The molecule has 0 unspecified atom stereocenters. The lowest BCUT2D eigenvalue weighted by Crippen LogP contribution is -2.57. The van der Waals surface area contributed by atoms with Gasteiger partial charge in [-0.25, -0.2) is 0 Å². The number of morpholine rings is 1. The topological polar surface area (TPSA) is 82.2 Å². The standard InChI is InChI=1S/C14H28N4O4S/c1-4-15-14(19)11-16-5-7-17(8-6-16)23(20,21)18-9-12(2)22-13(3)10-18/h12-13H,4-11H2,1-3H3,(H,15,19)/t12-,13+. The van der Waals surface area contributed by atoms with Crippen LogP contribution in [0.5, 0.6) is 0 Å². The van der Waals surface area contributed by atoms with Crippen molar-refractivity contribution in [1.82, 2.24) is 18.8 Å². The van der Waals surface area contributed by atoms with Crippen molar-refractivity contribution in [3.63, 3.8) is 0 Å². The molecule has 1 amide bonds. The third kappa shape index (κ3) is 4.87. The number of likely N-dealkylation sites (N-methyl/N-ethyl adjacent to an activating group) is 1. The van der Waals surface area contributed by atoms with Gasteiger partial charge >= 0.3 is 0 Å². The molecule has 0 bridgehead atoms. The Labute approximate surface area is 138 Å². The van der Waals surface area contributed by atoms with E-state index >= 15 is 0 Å². The number of carbonyl (C=O) groups excluding carboxylic acids is 1. The summed E-state index contributed by atoms with van der Waals surface area (Å²) in [4.78, 5) is 13.6. The molecule has 0 saturated carbocycles. The highest BCUT2D eigenvalue weighted by Gasteiger charge is 2.36. The molecule has 0 aromatic rings. The molecule has 2 heterocycles. The molecular weight excluding hydrogens is 320 g/mol. The Bertz CT molecular complexity index is 495. The monoisotopic (exact) mass is 348 g/mol. The van der Waals surface area contributed by atoms with E-state index in [4.69, 9.17) is 4.74 Å². The molecule has 2 fully saturated rings. The average Bonchev–Trinajstić information content (AvgIpc) is 2.47. The van der Waals surface area contributed by atoms with Gasteiger partial charge in [0.25, 0.3) is 10.2 Å². The van der Waals surface area contributed by atoms with E-state index in [1.165, 1.54) is 8.61 Å². The maximum atomic E-state index is 12.8. The predicted molar refractivity (Wildman–Crippen MR) is 87.2 cm³/mol. The second kappa shape index (κ2) is 7.89. The van der Waals surface area contributed by atoms with Crippen LogP contribution in [-0.2, 0) is 19.7 Å². The lowest BCUT2D eigenvalue weighted by atomic mass is 10.3. The van der Waals surface area contributed by atoms with Crippen LogP contribution >= 0.6 is 0 Å². The van der Waals surface area contributed by atoms with Crippen molar-refractivity contribution in [2.45, 2.75) is 33.0 Å². The van der Waals surface area contributed by atoms with Crippen molar-refractivity contribution in [3.8, 4) is 0 Å². The molecule has 0 radical (unpaired) electrons. The smallest absolute Gasteiger partial charge is 0.282 e. The van der Waals surface area contributed by atoms with Crippen LogP contribution in [0.15, 0.2) is 0 Å². The fraction of sp³-hybridized carbons (Fsp3) is 0.929. The van der Waals surface area contributed by atoms with Gasteiger partial charge in [-0.2, -0.15) is 17.0 Å². The Hall–Kier alpha value is -0.740. The summed E-state index contributed by atoms with van der Waals surface area (Å²) in [5.74, 6) is -0.0142. The van der Waals surface area contributed by atoms with Crippen molar-refractivity contribution < 1.29 is 17.9 Å². The van der Waals surface area contributed by atoms with Crippen molar-refractivity contribution in [2.75, 3.05) is 52.4 Å². The first-order valence-corrected chi connectivity index (χ1v) is 9.62. The molecule has 0 aromatic heterocycles. The summed E-state index contributed by atoms with van der Waals surface area (Å²) in [5, 5.41) is 2.76. The molecule has 2 aliphatic rings. The third-order valence-electron chi connectivity index (χ3n) is 4.11. The van der Waals surface area contributed by atoms with E-state index in [1.807, 2.05) is 25.7 Å². The minimum atomic E-state index is -3.45. The van der Waals surface area contributed by atoms with Gasteiger partial charge in [0.05, 0.1) is 18.8 Å². The van der Waals surface area contributed by atoms with E-state index in [0.29, 0.717) is 52.4 Å². The van der Waals surface area contributed by atoms with Gasteiger partial charge in [-0.1, -0.05) is 0 Å². The molecule has 9 heteroatoms. The highest BCUT2D eigenvalue weighted by Crippen LogP contribution is 2.18. The number of piperazine rings is 1. The van der Waals surface area contributed by atoms with E-state index in [0.717, 1.165) is 0 Å². The number of amides is 1. The molecule has 0 spiro atoms. The minimum absolute atomic E-state index is 0.0142. The molecule has 2 atom stereocenters. The number of ether oxygens (including phenoxy) is 1. The highest BCUT2D eigenvalue weighted by molar-refractivity contribution is 7.86. The first kappa shape index (κ1) is 18.6. The normalized spacial score (nSPS) is 28.7. The van der Waals surface area contributed by atoms with Gasteiger partial charge in [-0.3, -0.25) is 9.69 Å². The van der Waals surface area contributed by atoms with Crippen molar-refractivity contribution in [3.05, 3.63) is 0 Å². The molecule has 2 rings (SSSR count). The van der Waals surface area contributed by atoms with Gasteiger partial charge in [-0.05, 0) is 20.8 Å². The molecule has 1 N–H and O–H groups in total. The fourth-order valence-corrected chi connectivity index (χ4v) is 4.80. The van der Waals surface area contributed by atoms with E-state index in [-0.39, 0.29) is 18.1 Å². The van der Waals surface area contributed by atoms with Gasteiger partial charge in [0.2, 0.25) is 5.91 Å². The first-order chi connectivity index (χ1) is 10.8. The van der Waals surface area contributed by atoms with Gasteiger partial charge < -0.3 is 10.1 Å². The van der Waals surface area contributed by atoms with Crippen molar-refractivity contribution in [1.29, 1.82) is 0 Å². The number of nitrogens with zero attached hydrogens (tertiary/aromatic N) is 3. The second-order valence-electron chi connectivity index (χ2n) is 6.21. The largest absolute Gasteiger partial charge is 0.373 e. The van der Waals surface area contributed by atoms with Crippen LogP contribution in [0.2, 0.25) is 0 Å². The number of rotatable bonds is 5. The van der Waals surface area contributed by atoms with E-state index < -0.39 is 10.2 Å². The lowest BCUT2D eigenvalue weighted by molar-refractivity contribution is -0.122. The molecule has 0 aromatic carbocycles. The fourth-order valence-electron chi connectivity index (χ4n) is 3.06. The molecule has 2 aliphatic heterocycles. The maximum Gasteiger partial charge on any atom is 0.282 e. The molecule has 23 heavy (non-hydrogen) atoms. The van der Waals surface area contributed by atoms with E-state index in [1.54, 1.807) is 0 Å². The SMILES string of the molecule is CCNC(=O)CN1CCN(S(=O)(=O)N2C[C@@H](C)O[C@@H](C)C2)CC1. The van der Waals surface area contributed by atoms with Gasteiger partial charge in [0, 0.05) is 45.8 Å². The Balaban J connectivity index is 1.89. The Morgan fingerprint density at radius 3 is 2.17 bits per heavy atom. The zero-order valence-corrected chi connectivity index (χ0v) is 15.0. The third-order valence-corrected chi connectivity index (χ3v) is 6.08. The van der Waals surface area contributed by atoms with Crippen molar-refractivity contribution in [2.24, 2.45) is 0 Å². The molecule has 2 saturated heterocycles. The number of carbonyl (C=O) groups is 1. The summed E-state index contributed by atoms with van der Waals surface area (Å²) < 4.78 is 34.2. The van der Waals surface area contributed by atoms with Crippen molar-refractivity contribution >= 4 is 16.1 Å². The quantitative estimate of drug-likeness (QED) is 0.696. The first-order valence-electron chi connectivity index (χ1n) is 8.22. The molecule has 8 nitrogen and oxygen atoms in total. The van der Waals surface area contributed by atoms with Crippen LogP contribution in [-0.4, -0.2) is 92.4 Å². The second-order valence-corrected chi connectivity index (χ2v) is 8.14. The Kier molecular flexibility index (Phi) is 6.38. The molecule has 134 valence electrons. The zero-order chi connectivity index (χ0) is 17.0. The summed E-state index contributed by atoms with van der Waals surface area (Å²) in [5.41, 5.74) is 0. The highest BCUT2D eigenvalue weighted by atomic mass is 32.2. The summed E-state index contributed by atoms with van der Waals surface area (Å²) >= 11 is 0.